The van der Waals surface area contributed by atoms with E-state index in [2.05, 4.69) is 30.6 Å². The van der Waals surface area contributed by atoms with Crippen LogP contribution in [0.3, 0.4) is 0 Å². The topological polar surface area (TPSA) is 155 Å². The van der Waals surface area contributed by atoms with Gasteiger partial charge in [-0.15, -0.1) is 5.10 Å². The zero-order chi connectivity index (χ0) is 30.1. The quantitative estimate of drug-likeness (QED) is 0.223. The Morgan fingerprint density at radius 1 is 1.14 bits per heavy atom. The van der Waals surface area contributed by atoms with Crippen LogP contribution in [0.1, 0.15) is 24.1 Å². The molecule has 13 nitrogen and oxygen atoms in total. The van der Waals surface area contributed by atoms with Crippen molar-refractivity contribution in [3.05, 3.63) is 86.1 Å². The fourth-order valence-electron chi connectivity index (χ4n) is 4.81. The fraction of sp³-hybridized carbons (Fsp3) is 0.222. The smallest absolute Gasteiger partial charge is 0.412 e. The molecule has 0 saturated heterocycles. The molecular formula is C27H22Cl3N9O4. The molecule has 0 spiro atoms. The van der Waals surface area contributed by atoms with Crippen molar-refractivity contribution in [1.29, 1.82) is 0 Å². The van der Waals surface area contributed by atoms with Gasteiger partial charge in [-0.2, -0.15) is 0 Å². The lowest BCUT2D eigenvalue weighted by Gasteiger charge is -2.14. The number of carbonyl (C=O) groups excluding carboxylic acids is 1. The molecule has 0 radical (unpaired) electrons. The van der Waals surface area contributed by atoms with Crippen molar-refractivity contribution in [2.75, 3.05) is 25.6 Å². The Labute approximate surface area is 258 Å². The number of nitrogens with zero attached hydrogens (tertiary/aromatic N) is 7. The van der Waals surface area contributed by atoms with Crippen molar-refractivity contribution in [3.8, 4) is 28.2 Å². The maximum absolute atomic E-state index is 13.5. The number of carbonyl (C=O) groups is 1. The first-order chi connectivity index (χ1) is 20.8. The van der Waals surface area contributed by atoms with Crippen LogP contribution in [-0.4, -0.2) is 65.9 Å². The van der Waals surface area contributed by atoms with Crippen molar-refractivity contribution < 1.29 is 14.3 Å². The summed E-state index contributed by atoms with van der Waals surface area (Å²) >= 11 is 18.8. The molecule has 16 heteroatoms. The summed E-state index contributed by atoms with van der Waals surface area (Å²) in [4.78, 5) is 42.2. The normalized spacial score (nSPS) is 14.1. The molecule has 1 aliphatic rings. The molecule has 1 aliphatic heterocycles. The van der Waals surface area contributed by atoms with Gasteiger partial charge in [0, 0.05) is 41.9 Å². The van der Waals surface area contributed by atoms with Crippen LogP contribution in [0.5, 0.6) is 0 Å². The lowest BCUT2D eigenvalue weighted by Crippen LogP contribution is -2.25. The first-order valence-corrected chi connectivity index (χ1v) is 14.1. The van der Waals surface area contributed by atoms with Crippen LogP contribution in [0, 0.1) is 0 Å². The second kappa shape index (κ2) is 12.1. The molecule has 1 aromatic carbocycles. The molecule has 0 saturated carbocycles. The number of H-pyrrole nitrogens is 1. The summed E-state index contributed by atoms with van der Waals surface area (Å²) < 4.78 is 12.9. The van der Waals surface area contributed by atoms with Gasteiger partial charge in [-0.3, -0.25) is 14.7 Å². The third kappa shape index (κ3) is 5.97. The van der Waals surface area contributed by atoms with E-state index in [1.165, 1.54) is 17.9 Å². The van der Waals surface area contributed by atoms with Gasteiger partial charge in [-0.05, 0) is 36.8 Å². The van der Waals surface area contributed by atoms with Gasteiger partial charge < -0.3 is 14.5 Å². The van der Waals surface area contributed by atoms with Crippen molar-refractivity contribution in [3.63, 3.8) is 0 Å². The first kappa shape index (κ1) is 28.8. The van der Waals surface area contributed by atoms with Crippen molar-refractivity contribution in [2.24, 2.45) is 0 Å². The van der Waals surface area contributed by atoms with Crippen molar-refractivity contribution in [1.82, 2.24) is 39.5 Å². The number of aromatic nitrogens is 8. The molecule has 0 fully saturated rings. The standard InChI is InChI=1S/C27H22Cl3N9O4/c1-42-8-9-43-27(41)33-21-6-2-14(12-31-21)24-25(30)35-26(34-24)19-5-7-22-32-17(11-23(40)39(19)22)16-10-15(28)3-4-18(16)38-13-20(29)36-37-38/h2-4,6,10-13,19H,5,7-9H2,1H3,(H,34,35)(H,31,33,41)/t19-/m0/s1. The number of hydrogen-bond donors (Lipinski definition) is 2. The molecule has 2 N–H and O–H groups in total. The van der Waals surface area contributed by atoms with E-state index in [0.717, 1.165) is 0 Å². The number of benzene rings is 1. The van der Waals surface area contributed by atoms with Crippen molar-refractivity contribution in [2.45, 2.75) is 18.9 Å². The van der Waals surface area contributed by atoms with Crippen LogP contribution in [0.4, 0.5) is 10.6 Å². The molecule has 0 bridgehead atoms. The minimum atomic E-state index is -0.643. The van der Waals surface area contributed by atoms with Gasteiger partial charge in [0.2, 0.25) is 0 Å². The highest BCUT2D eigenvalue weighted by Crippen LogP contribution is 2.34. The number of halogens is 3. The predicted molar refractivity (Wildman–Crippen MR) is 159 cm³/mol. The Hall–Kier alpha value is -4.30. The number of pyridine rings is 1. The number of fused-ring (bicyclic) bond motifs is 1. The number of ether oxygens (including phenoxy) is 2. The summed E-state index contributed by atoms with van der Waals surface area (Å²) in [5, 5.41) is 11.3. The summed E-state index contributed by atoms with van der Waals surface area (Å²) in [6.07, 6.45) is 3.58. The zero-order valence-corrected chi connectivity index (χ0v) is 24.7. The van der Waals surface area contributed by atoms with Crippen LogP contribution in [0.25, 0.3) is 28.2 Å². The summed E-state index contributed by atoms with van der Waals surface area (Å²) in [5.41, 5.74) is 2.59. The molecule has 220 valence electrons. The Morgan fingerprint density at radius 2 is 2.00 bits per heavy atom. The van der Waals surface area contributed by atoms with Gasteiger partial charge >= 0.3 is 6.09 Å². The largest absolute Gasteiger partial charge is 0.447 e. The van der Waals surface area contributed by atoms with Crippen LogP contribution in [-0.2, 0) is 15.9 Å². The summed E-state index contributed by atoms with van der Waals surface area (Å²) in [6, 6.07) is 9.58. The number of aromatic amines is 1. The highest BCUT2D eigenvalue weighted by Gasteiger charge is 2.30. The number of methoxy groups -OCH3 is 1. The molecule has 1 amide bonds. The van der Waals surface area contributed by atoms with Gasteiger partial charge in [0.1, 0.15) is 24.1 Å². The number of amides is 1. The summed E-state index contributed by atoms with van der Waals surface area (Å²) in [7, 11) is 1.51. The first-order valence-electron chi connectivity index (χ1n) is 13.0. The Morgan fingerprint density at radius 3 is 2.74 bits per heavy atom. The minimum Gasteiger partial charge on any atom is -0.447 e. The van der Waals surface area contributed by atoms with Crippen LogP contribution < -0.4 is 10.9 Å². The number of hydrogen-bond acceptors (Lipinski definition) is 9. The van der Waals surface area contributed by atoms with E-state index in [4.69, 9.17) is 49.3 Å². The summed E-state index contributed by atoms with van der Waals surface area (Å²) in [5.74, 6) is 1.41. The molecule has 43 heavy (non-hydrogen) atoms. The van der Waals surface area contributed by atoms with Gasteiger partial charge in [0.25, 0.3) is 5.56 Å². The molecular weight excluding hydrogens is 621 g/mol. The average molecular weight is 643 g/mol. The van der Waals surface area contributed by atoms with E-state index < -0.39 is 12.1 Å². The van der Waals surface area contributed by atoms with E-state index in [1.807, 2.05) is 0 Å². The lowest BCUT2D eigenvalue weighted by atomic mass is 10.1. The number of anilines is 1. The van der Waals surface area contributed by atoms with E-state index in [9.17, 15) is 9.59 Å². The van der Waals surface area contributed by atoms with Gasteiger partial charge in [-0.1, -0.05) is 40.0 Å². The molecule has 0 aliphatic carbocycles. The maximum atomic E-state index is 13.5. The Bertz CT molecular complexity index is 1870. The second-order valence-corrected chi connectivity index (χ2v) is 10.6. The SMILES string of the molecule is COCCOC(=O)Nc1ccc(-c2[nH]c([C@@H]3CCc4nc(-c5cc(Cl)ccc5-n5cc(Cl)nn5)cc(=O)n43)nc2Cl)cn1. The fourth-order valence-corrected chi connectivity index (χ4v) is 5.35. The number of imidazole rings is 1. The average Bonchev–Trinajstić information content (AvgIpc) is 3.72. The monoisotopic (exact) mass is 641 g/mol. The van der Waals surface area contributed by atoms with Gasteiger partial charge in [0.05, 0.1) is 35.9 Å². The number of nitrogens with one attached hydrogen (secondary N) is 2. The Kier molecular flexibility index (Phi) is 8.13. The third-order valence-electron chi connectivity index (χ3n) is 6.72. The van der Waals surface area contributed by atoms with Crippen molar-refractivity contribution >= 4 is 46.7 Å². The molecule has 6 rings (SSSR count). The molecule has 5 aromatic rings. The minimum absolute atomic E-state index is 0.122. The highest BCUT2D eigenvalue weighted by molar-refractivity contribution is 6.32. The van der Waals surface area contributed by atoms with Gasteiger partial charge in [0.15, 0.2) is 10.3 Å². The number of rotatable bonds is 8. The van der Waals surface area contributed by atoms with Crippen LogP contribution in [0.2, 0.25) is 15.3 Å². The van der Waals surface area contributed by atoms with Crippen LogP contribution >= 0.6 is 34.8 Å². The van der Waals surface area contributed by atoms with E-state index in [1.54, 1.807) is 47.3 Å². The second-order valence-electron chi connectivity index (χ2n) is 9.44. The summed E-state index contributed by atoms with van der Waals surface area (Å²) in [6.45, 7) is 0.412. The van der Waals surface area contributed by atoms with E-state index in [0.29, 0.717) is 63.5 Å². The van der Waals surface area contributed by atoms with E-state index in [-0.39, 0.29) is 29.1 Å². The molecule has 0 unspecified atom stereocenters. The molecule has 4 aromatic heterocycles. The van der Waals surface area contributed by atoms with Gasteiger partial charge in [-0.25, -0.2) is 24.4 Å². The Balaban J connectivity index is 1.26. The number of aryl methyl sites for hydroxylation is 1. The predicted octanol–water partition coefficient (Wildman–Crippen LogP) is 4.97. The molecule has 5 heterocycles. The maximum Gasteiger partial charge on any atom is 0.412 e. The zero-order valence-electron chi connectivity index (χ0n) is 22.4. The van der Waals surface area contributed by atoms with E-state index >= 15 is 0 Å². The highest BCUT2D eigenvalue weighted by atomic mass is 35.5. The van der Waals surface area contributed by atoms with Crippen LogP contribution in [0.15, 0.2) is 53.6 Å². The third-order valence-corrected chi connectivity index (χ3v) is 7.40. The molecule has 1 atom stereocenters. The lowest BCUT2D eigenvalue weighted by molar-refractivity contribution is 0.107.